The lowest BCUT2D eigenvalue weighted by Crippen LogP contribution is -2.39. The van der Waals surface area contributed by atoms with Crippen molar-refractivity contribution in [3.05, 3.63) is 72.1 Å². The third-order valence-electron chi connectivity index (χ3n) is 4.99. The van der Waals surface area contributed by atoms with Gasteiger partial charge in [-0.25, -0.2) is 14.4 Å². The Balaban J connectivity index is 1.79. The van der Waals surface area contributed by atoms with Gasteiger partial charge in [-0.1, -0.05) is 18.2 Å². The summed E-state index contributed by atoms with van der Waals surface area (Å²) >= 11 is 0. The minimum atomic E-state index is -0.363. The van der Waals surface area contributed by atoms with Crippen molar-refractivity contribution in [3.8, 4) is 11.1 Å². The van der Waals surface area contributed by atoms with Gasteiger partial charge in [0.2, 0.25) is 5.95 Å². The number of halogens is 1. The molecule has 1 aromatic carbocycles. The quantitative estimate of drug-likeness (QED) is 0.753. The number of hydrogen-bond acceptors (Lipinski definition) is 5. The molecule has 2 aromatic heterocycles. The van der Waals surface area contributed by atoms with E-state index >= 15 is 0 Å². The summed E-state index contributed by atoms with van der Waals surface area (Å²) in [6.07, 6.45) is 7.30. The number of nitrogen functional groups attached to an aromatic ring is 1. The molecule has 142 valence electrons. The number of nitrogens with zero attached hydrogens (tertiary/aromatic N) is 4. The Labute approximate surface area is 162 Å². The van der Waals surface area contributed by atoms with Gasteiger partial charge in [0.1, 0.15) is 5.82 Å². The number of amides is 1. The lowest BCUT2D eigenvalue weighted by Gasteiger charge is -2.36. The average Bonchev–Trinajstić information content (AvgIpc) is 2.74. The summed E-state index contributed by atoms with van der Waals surface area (Å²) < 4.78 is 14.5. The first-order valence-corrected chi connectivity index (χ1v) is 9.23. The molecular formula is C21H20FN5O. The van der Waals surface area contributed by atoms with Crippen molar-refractivity contribution in [2.24, 2.45) is 0 Å². The number of anilines is 1. The highest BCUT2D eigenvalue weighted by atomic mass is 19.1. The standard InChI is InChI=1S/C21H20FN5O/c22-17-8-2-1-7-15(17)16-13-25-21(23)26-19(16)18-9-3-4-11-27(18)20(28)14-6-5-10-24-12-14/h1-2,5-8,10,12-13,18H,3-4,9,11H2,(H2,23,25,26). The van der Waals surface area contributed by atoms with Crippen molar-refractivity contribution >= 4 is 11.9 Å². The molecule has 1 atom stereocenters. The largest absolute Gasteiger partial charge is 0.368 e. The zero-order valence-corrected chi connectivity index (χ0v) is 15.3. The smallest absolute Gasteiger partial charge is 0.255 e. The molecule has 1 aliphatic heterocycles. The molecule has 3 aromatic rings. The fourth-order valence-corrected chi connectivity index (χ4v) is 3.66. The van der Waals surface area contributed by atoms with Crippen LogP contribution in [0, 0.1) is 5.82 Å². The van der Waals surface area contributed by atoms with E-state index < -0.39 is 0 Å². The Morgan fingerprint density at radius 3 is 2.75 bits per heavy atom. The molecule has 3 heterocycles. The fourth-order valence-electron chi connectivity index (χ4n) is 3.66. The Kier molecular flexibility index (Phi) is 4.97. The zero-order chi connectivity index (χ0) is 19.5. The van der Waals surface area contributed by atoms with Gasteiger partial charge in [-0.2, -0.15) is 0 Å². The van der Waals surface area contributed by atoms with Gasteiger partial charge in [0, 0.05) is 36.3 Å². The number of carbonyl (C=O) groups is 1. The summed E-state index contributed by atoms with van der Waals surface area (Å²) in [6.45, 7) is 0.596. The monoisotopic (exact) mass is 377 g/mol. The molecule has 1 fully saturated rings. The molecule has 0 saturated carbocycles. The van der Waals surface area contributed by atoms with Gasteiger partial charge in [0.25, 0.3) is 5.91 Å². The topological polar surface area (TPSA) is 85.0 Å². The third kappa shape index (κ3) is 3.43. The average molecular weight is 377 g/mol. The number of rotatable bonds is 3. The lowest BCUT2D eigenvalue weighted by atomic mass is 9.93. The number of hydrogen-bond donors (Lipinski definition) is 1. The van der Waals surface area contributed by atoms with Crippen LogP contribution >= 0.6 is 0 Å². The molecule has 1 aliphatic rings. The van der Waals surface area contributed by atoms with Crippen LogP contribution in [0.4, 0.5) is 10.3 Å². The van der Waals surface area contributed by atoms with Crippen molar-refractivity contribution in [1.29, 1.82) is 0 Å². The molecule has 2 N–H and O–H groups in total. The van der Waals surface area contributed by atoms with Crippen LogP contribution in [0.1, 0.15) is 41.4 Å². The lowest BCUT2D eigenvalue weighted by molar-refractivity contribution is 0.0606. The van der Waals surface area contributed by atoms with Crippen LogP contribution in [0.15, 0.2) is 55.0 Å². The van der Waals surface area contributed by atoms with E-state index in [-0.39, 0.29) is 23.7 Å². The number of nitrogens with two attached hydrogens (primary N) is 1. The second-order valence-corrected chi connectivity index (χ2v) is 6.76. The van der Waals surface area contributed by atoms with Crippen LogP contribution in [-0.4, -0.2) is 32.3 Å². The van der Waals surface area contributed by atoms with Crippen LogP contribution in [0.3, 0.4) is 0 Å². The van der Waals surface area contributed by atoms with Gasteiger partial charge in [0.15, 0.2) is 0 Å². The van der Waals surface area contributed by atoms with E-state index in [0.29, 0.717) is 28.9 Å². The summed E-state index contributed by atoms with van der Waals surface area (Å²) in [4.78, 5) is 27.4. The zero-order valence-electron chi connectivity index (χ0n) is 15.3. The van der Waals surface area contributed by atoms with Gasteiger partial charge >= 0.3 is 0 Å². The van der Waals surface area contributed by atoms with Gasteiger partial charge in [-0.15, -0.1) is 0 Å². The minimum absolute atomic E-state index is 0.106. The van der Waals surface area contributed by atoms with Crippen molar-refractivity contribution in [2.45, 2.75) is 25.3 Å². The van der Waals surface area contributed by atoms with Crippen molar-refractivity contribution in [1.82, 2.24) is 19.9 Å². The van der Waals surface area contributed by atoms with E-state index in [2.05, 4.69) is 15.0 Å². The molecule has 6 nitrogen and oxygen atoms in total. The van der Waals surface area contributed by atoms with E-state index in [1.165, 1.54) is 12.3 Å². The first-order valence-electron chi connectivity index (χ1n) is 9.23. The SMILES string of the molecule is Nc1ncc(-c2ccccc2F)c(C2CCCCN2C(=O)c2cccnc2)n1. The molecule has 0 aliphatic carbocycles. The molecule has 4 rings (SSSR count). The molecule has 0 bridgehead atoms. The first-order chi connectivity index (χ1) is 13.6. The Bertz CT molecular complexity index is 995. The molecule has 1 amide bonds. The Hall–Kier alpha value is -3.35. The summed E-state index contributed by atoms with van der Waals surface area (Å²) in [5.74, 6) is -0.373. The second-order valence-electron chi connectivity index (χ2n) is 6.76. The maximum atomic E-state index is 14.5. The molecule has 1 saturated heterocycles. The molecule has 1 unspecified atom stereocenters. The highest BCUT2D eigenvalue weighted by Gasteiger charge is 2.32. The van der Waals surface area contributed by atoms with E-state index in [9.17, 15) is 9.18 Å². The third-order valence-corrected chi connectivity index (χ3v) is 4.99. The van der Waals surface area contributed by atoms with Crippen LogP contribution in [0.2, 0.25) is 0 Å². The van der Waals surface area contributed by atoms with E-state index in [4.69, 9.17) is 5.73 Å². The molecular weight excluding hydrogens is 357 g/mol. The predicted octanol–water partition coefficient (Wildman–Crippen LogP) is 3.63. The minimum Gasteiger partial charge on any atom is -0.368 e. The molecule has 0 spiro atoms. The van der Waals surface area contributed by atoms with Crippen LogP contribution in [0.5, 0.6) is 0 Å². The number of piperidine rings is 1. The molecule has 0 radical (unpaired) electrons. The second kappa shape index (κ2) is 7.72. The maximum Gasteiger partial charge on any atom is 0.255 e. The van der Waals surface area contributed by atoms with E-state index in [1.54, 1.807) is 47.6 Å². The maximum absolute atomic E-state index is 14.5. The van der Waals surface area contributed by atoms with Crippen molar-refractivity contribution < 1.29 is 9.18 Å². The molecule has 28 heavy (non-hydrogen) atoms. The Morgan fingerprint density at radius 2 is 1.96 bits per heavy atom. The summed E-state index contributed by atoms with van der Waals surface area (Å²) in [6, 6.07) is 9.65. The first kappa shape index (κ1) is 18.0. The van der Waals surface area contributed by atoms with Crippen LogP contribution in [0.25, 0.3) is 11.1 Å². The van der Waals surface area contributed by atoms with E-state index in [1.807, 2.05) is 0 Å². The summed E-state index contributed by atoms with van der Waals surface area (Å²) in [5.41, 5.74) is 7.91. The number of likely N-dealkylation sites (tertiary alicyclic amines) is 1. The molecule has 7 heteroatoms. The number of carbonyl (C=O) groups excluding carboxylic acids is 1. The number of benzene rings is 1. The summed E-state index contributed by atoms with van der Waals surface area (Å²) in [5, 5.41) is 0. The van der Waals surface area contributed by atoms with Crippen molar-refractivity contribution in [3.63, 3.8) is 0 Å². The van der Waals surface area contributed by atoms with Gasteiger partial charge in [0.05, 0.1) is 17.3 Å². The van der Waals surface area contributed by atoms with Crippen LogP contribution in [-0.2, 0) is 0 Å². The predicted molar refractivity (Wildman–Crippen MR) is 104 cm³/mol. The number of aromatic nitrogens is 3. The van der Waals surface area contributed by atoms with E-state index in [0.717, 1.165) is 19.3 Å². The normalized spacial score (nSPS) is 16.8. The van der Waals surface area contributed by atoms with Crippen molar-refractivity contribution in [2.75, 3.05) is 12.3 Å². The van der Waals surface area contributed by atoms with Gasteiger partial charge in [-0.05, 0) is 37.5 Å². The van der Waals surface area contributed by atoms with Gasteiger partial charge in [-0.3, -0.25) is 9.78 Å². The number of pyridine rings is 1. The highest BCUT2D eigenvalue weighted by Crippen LogP contribution is 2.37. The Morgan fingerprint density at radius 1 is 1.11 bits per heavy atom. The van der Waals surface area contributed by atoms with Gasteiger partial charge < -0.3 is 10.6 Å². The van der Waals surface area contributed by atoms with Crippen LogP contribution < -0.4 is 5.73 Å². The fraction of sp³-hybridized carbons (Fsp3) is 0.238. The highest BCUT2D eigenvalue weighted by molar-refractivity contribution is 5.94. The summed E-state index contributed by atoms with van der Waals surface area (Å²) in [7, 11) is 0.